The van der Waals surface area contributed by atoms with Crippen LogP contribution in [0.25, 0.3) is 11.1 Å². The first-order valence-electron chi connectivity index (χ1n) is 5.23. The number of rotatable bonds is 2. The van der Waals surface area contributed by atoms with Crippen LogP contribution in [-0.2, 0) is 0 Å². The standard InChI is InChI=1S/C14H12ClNO/c1-9-2-4-10(5-3-9)11-6-7-13(16)12(8-17)14(11)15/h2-8H,16H2,1H3. The van der Waals surface area contributed by atoms with Crippen molar-refractivity contribution in [1.82, 2.24) is 0 Å². The summed E-state index contributed by atoms with van der Waals surface area (Å²) in [6, 6.07) is 11.5. The van der Waals surface area contributed by atoms with Crippen molar-refractivity contribution in [3.05, 3.63) is 52.5 Å². The zero-order chi connectivity index (χ0) is 12.4. The number of aryl methyl sites for hydroxylation is 1. The number of nitrogens with two attached hydrogens (primary N) is 1. The maximum atomic E-state index is 10.9. The van der Waals surface area contributed by atoms with Crippen LogP contribution in [0.2, 0.25) is 5.02 Å². The summed E-state index contributed by atoms with van der Waals surface area (Å²) < 4.78 is 0. The molecule has 0 amide bonds. The Labute approximate surface area is 105 Å². The minimum atomic E-state index is 0.352. The van der Waals surface area contributed by atoms with E-state index in [9.17, 15) is 4.79 Å². The van der Waals surface area contributed by atoms with Gasteiger partial charge >= 0.3 is 0 Å². The van der Waals surface area contributed by atoms with E-state index in [1.54, 1.807) is 6.07 Å². The van der Waals surface area contributed by atoms with Gasteiger partial charge in [0.25, 0.3) is 0 Å². The lowest BCUT2D eigenvalue weighted by molar-refractivity contribution is 0.112. The van der Waals surface area contributed by atoms with Gasteiger partial charge in [-0.1, -0.05) is 47.5 Å². The largest absolute Gasteiger partial charge is 0.398 e. The van der Waals surface area contributed by atoms with Gasteiger partial charge in [-0.2, -0.15) is 0 Å². The van der Waals surface area contributed by atoms with Gasteiger partial charge in [-0.15, -0.1) is 0 Å². The maximum absolute atomic E-state index is 10.9. The number of hydrogen-bond acceptors (Lipinski definition) is 2. The van der Waals surface area contributed by atoms with Crippen molar-refractivity contribution in [3.8, 4) is 11.1 Å². The van der Waals surface area contributed by atoms with Crippen LogP contribution in [0.15, 0.2) is 36.4 Å². The third-order valence-corrected chi connectivity index (χ3v) is 3.10. The van der Waals surface area contributed by atoms with E-state index in [-0.39, 0.29) is 0 Å². The summed E-state index contributed by atoms with van der Waals surface area (Å²) in [4.78, 5) is 10.9. The van der Waals surface area contributed by atoms with Gasteiger partial charge in [-0.25, -0.2) is 0 Å². The van der Waals surface area contributed by atoms with E-state index in [4.69, 9.17) is 17.3 Å². The Morgan fingerprint density at radius 1 is 1.12 bits per heavy atom. The van der Waals surface area contributed by atoms with Crippen molar-refractivity contribution in [2.24, 2.45) is 0 Å². The number of hydrogen-bond donors (Lipinski definition) is 1. The van der Waals surface area contributed by atoms with Gasteiger partial charge < -0.3 is 5.73 Å². The van der Waals surface area contributed by atoms with Crippen LogP contribution >= 0.6 is 11.6 Å². The molecule has 0 saturated heterocycles. The highest BCUT2D eigenvalue weighted by atomic mass is 35.5. The quantitative estimate of drug-likeness (QED) is 0.647. The number of aldehydes is 1. The van der Waals surface area contributed by atoms with Crippen molar-refractivity contribution in [2.45, 2.75) is 6.92 Å². The van der Waals surface area contributed by atoms with Crippen molar-refractivity contribution < 1.29 is 4.79 Å². The zero-order valence-electron chi connectivity index (χ0n) is 9.41. The number of anilines is 1. The molecule has 2 aromatic carbocycles. The lowest BCUT2D eigenvalue weighted by Crippen LogP contribution is -1.95. The van der Waals surface area contributed by atoms with E-state index >= 15 is 0 Å². The third-order valence-electron chi connectivity index (χ3n) is 2.69. The van der Waals surface area contributed by atoms with Gasteiger partial charge in [0.2, 0.25) is 0 Å². The Morgan fingerprint density at radius 3 is 2.35 bits per heavy atom. The number of nitrogen functional groups attached to an aromatic ring is 1. The molecule has 2 aromatic rings. The van der Waals surface area contributed by atoms with E-state index in [2.05, 4.69) is 0 Å². The molecule has 0 heterocycles. The lowest BCUT2D eigenvalue weighted by atomic mass is 10.0. The molecular formula is C14H12ClNO. The molecule has 2 N–H and O–H groups in total. The molecule has 0 aliphatic carbocycles. The summed E-state index contributed by atoms with van der Waals surface area (Å²) >= 11 is 6.18. The lowest BCUT2D eigenvalue weighted by Gasteiger charge is -2.09. The van der Waals surface area contributed by atoms with Crippen LogP contribution in [0, 0.1) is 6.92 Å². The molecule has 0 radical (unpaired) electrons. The summed E-state index contributed by atoms with van der Waals surface area (Å²) in [5, 5.41) is 0.406. The van der Waals surface area contributed by atoms with Crippen LogP contribution in [0.1, 0.15) is 15.9 Å². The first-order chi connectivity index (χ1) is 8.13. The Morgan fingerprint density at radius 2 is 1.76 bits per heavy atom. The molecule has 0 bridgehead atoms. The van der Waals surface area contributed by atoms with Crippen LogP contribution in [0.5, 0.6) is 0 Å². The molecule has 0 atom stereocenters. The van der Waals surface area contributed by atoms with E-state index < -0.39 is 0 Å². The van der Waals surface area contributed by atoms with Gasteiger partial charge in [-0.3, -0.25) is 4.79 Å². The van der Waals surface area contributed by atoms with Crippen molar-refractivity contribution in [1.29, 1.82) is 0 Å². The highest BCUT2D eigenvalue weighted by Gasteiger charge is 2.10. The summed E-state index contributed by atoms with van der Waals surface area (Å²) in [7, 11) is 0. The number of carbonyl (C=O) groups is 1. The molecule has 2 rings (SSSR count). The second-order valence-corrected chi connectivity index (χ2v) is 4.29. The summed E-state index contributed by atoms with van der Waals surface area (Å²) in [5.41, 5.74) is 9.42. The molecule has 17 heavy (non-hydrogen) atoms. The molecule has 0 fully saturated rings. The molecule has 0 saturated carbocycles. The molecule has 0 aromatic heterocycles. The molecule has 0 unspecified atom stereocenters. The Balaban J connectivity index is 2.60. The Kier molecular flexibility index (Phi) is 3.16. The van der Waals surface area contributed by atoms with Gasteiger partial charge in [0, 0.05) is 11.3 Å². The molecular weight excluding hydrogens is 234 g/mol. The average Bonchev–Trinajstić information content (AvgIpc) is 2.31. The summed E-state index contributed by atoms with van der Waals surface area (Å²) in [5.74, 6) is 0. The predicted molar refractivity (Wildman–Crippen MR) is 71.4 cm³/mol. The van der Waals surface area contributed by atoms with Crippen LogP contribution in [-0.4, -0.2) is 6.29 Å². The van der Waals surface area contributed by atoms with E-state index in [0.29, 0.717) is 22.6 Å². The smallest absolute Gasteiger partial charge is 0.153 e. The van der Waals surface area contributed by atoms with Crippen molar-refractivity contribution in [3.63, 3.8) is 0 Å². The third kappa shape index (κ3) is 2.17. The Bertz CT molecular complexity index is 561. The van der Waals surface area contributed by atoms with Crippen LogP contribution in [0.4, 0.5) is 5.69 Å². The fourth-order valence-electron chi connectivity index (χ4n) is 1.68. The molecule has 2 nitrogen and oxygen atoms in total. The fraction of sp³-hybridized carbons (Fsp3) is 0.0714. The predicted octanol–water partition coefficient (Wildman–Crippen LogP) is 3.71. The van der Waals surface area contributed by atoms with Crippen LogP contribution in [0.3, 0.4) is 0 Å². The molecule has 0 spiro atoms. The second kappa shape index (κ2) is 4.60. The fourth-order valence-corrected chi connectivity index (χ4v) is 2.01. The highest BCUT2D eigenvalue weighted by molar-refractivity contribution is 6.36. The molecule has 86 valence electrons. The Hall–Kier alpha value is -1.80. The van der Waals surface area contributed by atoms with E-state index in [0.717, 1.165) is 11.1 Å². The highest BCUT2D eigenvalue weighted by Crippen LogP contribution is 2.32. The minimum absolute atomic E-state index is 0.352. The van der Waals surface area contributed by atoms with Gasteiger partial charge in [-0.05, 0) is 18.6 Å². The maximum Gasteiger partial charge on any atom is 0.153 e. The van der Waals surface area contributed by atoms with Crippen molar-refractivity contribution in [2.75, 3.05) is 5.73 Å². The summed E-state index contributed by atoms with van der Waals surface area (Å²) in [6.45, 7) is 2.02. The van der Waals surface area contributed by atoms with Gasteiger partial charge in [0.1, 0.15) is 0 Å². The van der Waals surface area contributed by atoms with Crippen LogP contribution < -0.4 is 5.73 Å². The molecule has 0 aliphatic heterocycles. The monoisotopic (exact) mass is 245 g/mol. The normalized spacial score (nSPS) is 10.2. The zero-order valence-corrected chi connectivity index (χ0v) is 10.2. The minimum Gasteiger partial charge on any atom is -0.398 e. The number of halogens is 1. The van der Waals surface area contributed by atoms with Gasteiger partial charge in [0.15, 0.2) is 6.29 Å². The average molecular weight is 246 g/mol. The summed E-state index contributed by atoms with van der Waals surface area (Å²) in [6.07, 6.45) is 0.690. The second-order valence-electron chi connectivity index (χ2n) is 3.91. The number of carbonyl (C=O) groups excluding carboxylic acids is 1. The van der Waals surface area contributed by atoms with Gasteiger partial charge in [0.05, 0.1) is 10.6 Å². The first kappa shape index (κ1) is 11.7. The first-order valence-corrected chi connectivity index (χ1v) is 5.61. The molecule has 0 aliphatic rings. The van der Waals surface area contributed by atoms with E-state index in [1.807, 2.05) is 37.3 Å². The SMILES string of the molecule is Cc1ccc(-c2ccc(N)c(C=O)c2Cl)cc1. The van der Waals surface area contributed by atoms with E-state index in [1.165, 1.54) is 5.56 Å². The number of benzene rings is 2. The van der Waals surface area contributed by atoms with Crippen molar-refractivity contribution >= 4 is 23.6 Å². The molecule has 3 heteroatoms. The topological polar surface area (TPSA) is 43.1 Å².